The van der Waals surface area contributed by atoms with Gasteiger partial charge in [-0.1, -0.05) is 13.8 Å². The number of H-pyrrole nitrogens is 1. The van der Waals surface area contributed by atoms with Crippen LogP contribution in [-0.4, -0.2) is 50.5 Å². The summed E-state index contributed by atoms with van der Waals surface area (Å²) in [6, 6.07) is -0.581. The molecule has 0 fully saturated rings. The molecule has 2 heterocycles. The van der Waals surface area contributed by atoms with E-state index < -0.39 is 17.6 Å². The number of hydrogen-bond acceptors (Lipinski definition) is 9. The van der Waals surface area contributed by atoms with Crippen molar-refractivity contribution in [2.75, 3.05) is 18.9 Å². The Kier molecular flexibility index (Phi) is 7.48. The Labute approximate surface area is 167 Å². The molecule has 0 aliphatic carbocycles. The van der Waals surface area contributed by atoms with E-state index >= 15 is 0 Å². The third kappa shape index (κ3) is 6.14. The molecule has 11 heteroatoms. The first-order chi connectivity index (χ1) is 13.7. The molecule has 0 radical (unpaired) electrons. The Hall–Kier alpha value is -3.21. The van der Waals surface area contributed by atoms with E-state index in [1.807, 2.05) is 13.8 Å². The van der Waals surface area contributed by atoms with Crippen LogP contribution in [0.2, 0.25) is 0 Å². The van der Waals surface area contributed by atoms with Crippen LogP contribution in [-0.2, 0) is 25.8 Å². The number of aromatic nitrogens is 4. The first kappa shape index (κ1) is 22.1. The average Bonchev–Trinajstić information content (AvgIpc) is 3.01. The molecule has 0 amide bonds. The number of carbonyl (C=O) groups excluding carboxylic acids is 2. The SMILES string of the molecule is CC(=O)C=C(C)N[C@H](C(=O)OCCOCn1cnc2c(=O)[nH]c(N)nc21)C(C)C. The van der Waals surface area contributed by atoms with Crippen molar-refractivity contribution in [3.63, 3.8) is 0 Å². The van der Waals surface area contributed by atoms with Crippen molar-refractivity contribution in [1.29, 1.82) is 0 Å². The maximum atomic E-state index is 12.3. The minimum atomic E-state index is -0.581. The fourth-order valence-electron chi connectivity index (χ4n) is 2.61. The van der Waals surface area contributed by atoms with Crippen molar-refractivity contribution in [2.45, 2.75) is 40.5 Å². The van der Waals surface area contributed by atoms with E-state index in [2.05, 4.69) is 20.3 Å². The number of nitrogens with one attached hydrogen (secondary N) is 2. The highest BCUT2D eigenvalue weighted by Crippen LogP contribution is 2.08. The van der Waals surface area contributed by atoms with E-state index in [-0.39, 0.29) is 43.1 Å². The van der Waals surface area contributed by atoms with Crippen molar-refractivity contribution in [3.8, 4) is 0 Å². The van der Waals surface area contributed by atoms with Crippen LogP contribution >= 0.6 is 0 Å². The van der Waals surface area contributed by atoms with Gasteiger partial charge in [0.2, 0.25) is 5.95 Å². The standard InChI is InChI=1S/C18H26N6O5/c1-10(2)13(21-11(3)7-12(4)25)17(27)29-6-5-28-9-24-8-20-14-15(24)22-18(19)23-16(14)26/h7-8,10,13,21H,5-6,9H2,1-4H3,(H3,19,22,23,26)/t13-/m0/s1. The van der Waals surface area contributed by atoms with E-state index in [0.717, 1.165) is 0 Å². The summed E-state index contributed by atoms with van der Waals surface area (Å²) in [7, 11) is 0. The van der Waals surface area contributed by atoms with Crippen LogP contribution in [0.25, 0.3) is 11.2 Å². The zero-order chi connectivity index (χ0) is 21.6. The van der Waals surface area contributed by atoms with Crippen molar-refractivity contribution < 1.29 is 19.1 Å². The molecule has 11 nitrogen and oxygen atoms in total. The van der Waals surface area contributed by atoms with Crippen LogP contribution in [0.15, 0.2) is 22.9 Å². The Morgan fingerprint density at radius 3 is 2.72 bits per heavy atom. The molecular weight excluding hydrogens is 380 g/mol. The lowest BCUT2D eigenvalue weighted by Crippen LogP contribution is -2.41. The van der Waals surface area contributed by atoms with Gasteiger partial charge < -0.3 is 20.5 Å². The molecule has 4 N–H and O–H groups in total. The number of esters is 1. The maximum absolute atomic E-state index is 12.3. The lowest BCUT2D eigenvalue weighted by Gasteiger charge is -2.22. The highest BCUT2D eigenvalue weighted by atomic mass is 16.6. The number of hydrogen-bond donors (Lipinski definition) is 3. The number of fused-ring (bicyclic) bond motifs is 1. The number of rotatable bonds is 10. The number of nitrogens with zero attached hydrogens (tertiary/aromatic N) is 3. The quantitative estimate of drug-likeness (QED) is 0.287. The minimum absolute atomic E-state index is 0.0143. The molecule has 29 heavy (non-hydrogen) atoms. The van der Waals surface area contributed by atoms with E-state index in [1.165, 1.54) is 23.9 Å². The van der Waals surface area contributed by atoms with Gasteiger partial charge >= 0.3 is 5.97 Å². The number of ketones is 1. The van der Waals surface area contributed by atoms with Crippen LogP contribution in [0.1, 0.15) is 27.7 Å². The second-order valence-corrected chi connectivity index (χ2v) is 6.85. The first-order valence-electron chi connectivity index (χ1n) is 9.09. The topological polar surface area (TPSA) is 154 Å². The van der Waals surface area contributed by atoms with Gasteiger partial charge in [-0.2, -0.15) is 4.98 Å². The summed E-state index contributed by atoms with van der Waals surface area (Å²) >= 11 is 0. The summed E-state index contributed by atoms with van der Waals surface area (Å²) in [4.78, 5) is 45.6. The van der Waals surface area contributed by atoms with Crippen LogP contribution in [0.3, 0.4) is 0 Å². The largest absolute Gasteiger partial charge is 0.462 e. The molecule has 0 saturated carbocycles. The molecule has 2 aromatic heterocycles. The number of ether oxygens (including phenoxy) is 2. The van der Waals surface area contributed by atoms with Gasteiger partial charge in [-0.05, 0) is 25.8 Å². The molecule has 2 rings (SSSR count). The molecule has 0 aliphatic rings. The number of carbonyl (C=O) groups is 2. The molecule has 0 aliphatic heterocycles. The predicted octanol–water partition coefficient (Wildman–Crippen LogP) is 0.326. The van der Waals surface area contributed by atoms with Gasteiger partial charge in [0.25, 0.3) is 5.56 Å². The Morgan fingerprint density at radius 1 is 1.34 bits per heavy atom. The molecule has 0 aromatic carbocycles. The lowest BCUT2D eigenvalue weighted by atomic mass is 10.0. The first-order valence-corrected chi connectivity index (χ1v) is 9.09. The average molecular weight is 406 g/mol. The Bertz CT molecular complexity index is 961. The number of anilines is 1. The minimum Gasteiger partial charge on any atom is -0.462 e. The number of imidazole rings is 1. The number of allylic oxidation sites excluding steroid dienone is 2. The van der Waals surface area contributed by atoms with Crippen LogP contribution < -0.4 is 16.6 Å². The predicted molar refractivity (Wildman–Crippen MR) is 106 cm³/mol. The van der Waals surface area contributed by atoms with Crippen molar-refractivity contribution >= 4 is 28.9 Å². The molecule has 1 atom stereocenters. The summed E-state index contributed by atoms with van der Waals surface area (Å²) in [5.74, 6) is -0.594. The molecule has 2 aromatic rings. The van der Waals surface area contributed by atoms with E-state index in [0.29, 0.717) is 11.3 Å². The van der Waals surface area contributed by atoms with Gasteiger partial charge in [0, 0.05) is 5.70 Å². The van der Waals surface area contributed by atoms with Gasteiger partial charge in [0.1, 0.15) is 19.4 Å². The lowest BCUT2D eigenvalue weighted by molar-refractivity contribution is -0.149. The highest BCUT2D eigenvalue weighted by Gasteiger charge is 2.23. The van der Waals surface area contributed by atoms with Crippen molar-refractivity contribution in [3.05, 3.63) is 28.5 Å². The molecule has 0 spiro atoms. The zero-order valence-electron chi connectivity index (χ0n) is 16.9. The van der Waals surface area contributed by atoms with Gasteiger partial charge in [-0.3, -0.25) is 19.1 Å². The zero-order valence-corrected chi connectivity index (χ0v) is 16.9. The number of nitrogen functional groups attached to an aromatic ring is 1. The van der Waals surface area contributed by atoms with Gasteiger partial charge in [0.15, 0.2) is 16.9 Å². The molecule has 0 unspecified atom stereocenters. The Balaban J connectivity index is 1.84. The monoisotopic (exact) mass is 406 g/mol. The maximum Gasteiger partial charge on any atom is 0.328 e. The second kappa shape index (κ2) is 9.82. The van der Waals surface area contributed by atoms with E-state index in [4.69, 9.17) is 15.2 Å². The molecular formula is C18H26N6O5. The summed E-state index contributed by atoms with van der Waals surface area (Å²) in [6.45, 7) is 7.15. The summed E-state index contributed by atoms with van der Waals surface area (Å²) < 4.78 is 12.3. The Morgan fingerprint density at radius 2 is 2.07 bits per heavy atom. The summed E-state index contributed by atoms with van der Waals surface area (Å²) in [5, 5.41) is 3.00. The van der Waals surface area contributed by atoms with E-state index in [9.17, 15) is 14.4 Å². The second-order valence-electron chi connectivity index (χ2n) is 6.85. The fraction of sp³-hybridized carbons (Fsp3) is 0.500. The fourth-order valence-corrected chi connectivity index (χ4v) is 2.61. The highest BCUT2D eigenvalue weighted by molar-refractivity contribution is 5.88. The van der Waals surface area contributed by atoms with Crippen molar-refractivity contribution in [2.24, 2.45) is 5.92 Å². The van der Waals surface area contributed by atoms with Gasteiger partial charge in [-0.15, -0.1) is 0 Å². The smallest absolute Gasteiger partial charge is 0.328 e. The van der Waals surface area contributed by atoms with Crippen molar-refractivity contribution in [1.82, 2.24) is 24.8 Å². The normalized spacial score (nSPS) is 12.9. The summed E-state index contributed by atoms with van der Waals surface area (Å²) in [6.07, 6.45) is 2.84. The third-order valence-electron chi connectivity index (χ3n) is 3.92. The molecule has 158 valence electrons. The summed E-state index contributed by atoms with van der Waals surface area (Å²) in [5.41, 5.74) is 6.17. The third-order valence-corrected chi connectivity index (χ3v) is 3.92. The number of nitrogens with two attached hydrogens (primary N) is 1. The van der Waals surface area contributed by atoms with Crippen LogP contribution in [0.4, 0.5) is 5.95 Å². The van der Waals surface area contributed by atoms with Gasteiger partial charge in [-0.25, -0.2) is 9.78 Å². The van der Waals surface area contributed by atoms with E-state index in [1.54, 1.807) is 6.92 Å². The number of aromatic amines is 1. The van der Waals surface area contributed by atoms with Crippen LogP contribution in [0.5, 0.6) is 0 Å². The molecule has 0 saturated heterocycles. The van der Waals surface area contributed by atoms with Crippen LogP contribution in [0, 0.1) is 5.92 Å². The molecule has 0 bridgehead atoms. The van der Waals surface area contributed by atoms with Gasteiger partial charge in [0.05, 0.1) is 12.9 Å².